The minimum Gasteiger partial charge on any atom is -0.497 e. The molecule has 2 aliphatic carbocycles. The number of fused-ring (bicyclic) bond motifs is 2. The number of carbonyl (C=O) groups excluding carboxylic acids is 1. The van der Waals surface area contributed by atoms with Gasteiger partial charge in [0.15, 0.2) is 0 Å². The van der Waals surface area contributed by atoms with E-state index in [1.807, 2.05) is 12.2 Å². The number of hydrogen-bond donors (Lipinski definition) is 2. The van der Waals surface area contributed by atoms with Gasteiger partial charge in [-0.2, -0.15) is 0 Å². The van der Waals surface area contributed by atoms with Crippen LogP contribution in [0.5, 0.6) is 11.5 Å². The molecule has 4 atom stereocenters. The van der Waals surface area contributed by atoms with Crippen LogP contribution >= 0.6 is 0 Å². The Balaban J connectivity index is 1.82. The average Bonchev–Trinajstić information content (AvgIpc) is 3.16. The molecule has 122 valence electrons. The molecular weight excluding hydrogens is 298 g/mol. The molecule has 0 spiro atoms. The number of carbonyl (C=O) groups is 2. The van der Waals surface area contributed by atoms with Crippen LogP contribution in [0.2, 0.25) is 0 Å². The molecule has 3 rings (SSSR count). The number of amides is 1. The van der Waals surface area contributed by atoms with E-state index in [0.717, 1.165) is 6.42 Å². The summed E-state index contributed by atoms with van der Waals surface area (Å²) in [7, 11) is 3.05. The number of allylic oxidation sites excluding steroid dienone is 2. The Kier molecular flexibility index (Phi) is 3.98. The third kappa shape index (κ3) is 2.65. The fourth-order valence-electron chi connectivity index (χ4n) is 3.63. The number of benzene rings is 1. The van der Waals surface area contributed by atoms with Crippen LogP contribution in [0.25, 0.3) is 0 Å². The molecule has 2 N–H and O–H groups in total. The van der Waals surface area contributed by atoms with Crippen molar-refractivity contribution in [1.29, 1.82) is 0 Å². The summed E-state index contributed by atoms with van der Waals surface area (Å²) in [5.74, 6) is -1.37. The lowest BCUT2D eigenvalue weighted by molar-refractivity contribution is -0.146. The van der Waals surface area contributed by atoms with Gasteiger partial charge in [-0.25, -0.2) is 0 Å². The van der Waals surface area contributed by atoms with Crippen molar-refractivity contribution < 1.29 is 24.2 Å². The van der Waals surface area contributed by atoms with E-state index in [4.69, 9.17) is 9.47 Å². The van der Waals surface area contributed by atoms with Crippen LogP contribution in [0.3, 0.4) is 0 Å². The SMILES string of the molecule is COc1ccc(NC(=O)[C@@H]2[C@@H](C(=O)O)[C@H]3C=C[C@H]2C3)c(OC)c1. The van der Waals surface area contributed by atoms with Crippen molar-refractivity contribution in [3.63, 3.8) is 0 Å². The number of aliphatic carboxylic acids is 1. The number of carboxylic acids is 1. The van der Waals surface area contributed by atoms with Crippen LogP contribution in [-0.2, 0) is 9.59 Å². The maximum Gasteiger partial charge on any atom is 0.307 e. The van der Waals surface area contributed by atoms with Gasteiger partial charge in [-0.05, 0) is 30.4 Å². The van der Waals surface area contributed by atoms with Gasteiger partial charge >= 0.3 is 5.97 Å². The fourth-order valence-corrected chi connectivity index (χ4v) is 3.63. The number of anilines is 1. The van der Waals surface area contributed by atoms with E-state index >= 15 is 0 Å². The predicted molar refractivity (Wildman–Crippen MR) is 83.5 cm³/mol. The highest BCUT2D eigenvalue weighted by molar-refractivity contribution is 5.97. The van der Waals surface area contributed by atoms with E-state index < -0.39 is 17.8 Å². The Labute approximate surface area is 134 Å². The van der Waals surface area contributed by atoms with Gasteiger partial charge in [0.05, 0.1) is 31.7 Å². The molecule has 1 aromatic rings. The molecule has 1 aromatic carbocycles. The number of carboxylic acid groups (broad SMARTS) is 1. The lowest BCUT2D eigenvalue weighted by Gasteiger charge is -2.24. The summed E-state index contributed by atoms with van der Waals surface area (Å²) in [5, 5.41) is 12.2. The van der Waals surface area contributed by atoms with Gasteiger partial charge in [0.25, 0.3) is 0 Å². The molecule has 23 heavy (non-hydrogen) atoms. The summed E-state index contributed by atoms with van der Waals surface area (Å²) >= 11 is 0. The molecule has 0 aromatic heterocycles. The Morgan fingerprint density at radius 2 is 1.83 bits per heavy atom. The number of nitrogens with one attached hydrogen (secondary N) is 1. The molecule has 0 unspecified atom stereocenters. The molecule has 1 amide bonds. The lowest BCUT2D eigenvalue weighted by atomic mass is 9.82. The molecule has 2 aliphatic rings. The van der Waals surface area contributed by atoms with E-state index in [-0.39, 0.29) is 17.7 Å². The summed E-state index contributed by atoms with van der Waals surface area (Å²) in [6.45, 7) is 0. The summed E-state index contributed by atoms with van der Waals surface area (Å²) < 4.78 is 10.4. The predicted octanol–water partition coefficient (Wildman–Crippen LogP) is 2.17. The first kappa shape index (κ1) is 15.4. The molecular formula is C17H19NO5. The van der Waals surface area contributed by atoms with Crippen LogP contribution in [0.1, 0.15) is 6.42 Å². The molecule has 0 heterocycles. The molecule has 6 heteroatoms. The minimum absolute atomic E-state index is 0.00894. The molecule has 2 bridgehead atoms. The average molecular weight is 317 g/mol. The minimum atomic E-state index is -0.913. The topological polar surface area (TPSA) is 84.9 Å². The van der Waals surface area contributed by atoms with E-state index in [9.17, 15) is 14.7 Å². The summed E-state index contributed by atoms with van der Waals surface area (Å²) in [6.07, 6.45) is 4.61. The van der Waals surface area contributed by atoms with Gasteiger partial charge < -0.3 is 19.9 Å². The number of ether oxygens (including phenoxy) is 2. The highest BCUT2D eigenvalue weighted by Crippen LogP contribution is 2.48. The maximum atomic E-state index is 12.6. The van der Waals surface area contributed by atoms with Crippen LogP contribution in [0, 0.1) is 23.7 Å². The third-order valence-corrected chi connectivity index (χ3v) is 4.71. The second-order valence-corrected chi connectivity index (χ2v) is 5.89. The molecule has 0 aliphatic heterocycles. The van der Waals surface area contributed by atoms with Crippen molar-refractivity contribution in [3.05, 3.63) is 30.4 Å². The van der Waals surface area contributed by atoms with E-state index in [1.165, 1.54) is 7.11 Å². The second kappa shape index (κ2) is 5.95. The first-order chi connectivity index (χ1) is 11.0. The molecule has 1 saturated carbocycles. The van der Waals surface area contributed by atoms with E-state index in [0.29, 0.717) is 17.2 Å². The fraction of sp³-hybridized carbons (Fsp3) is 0.412. The zero-order chi connectivity index (χ0) is 16.6. The van der Waals surface area contributed by atoms with Gasteiger partial charge in [-0.1, -0.05) is 12.2 Å². The monoisotopic (exact) mass is 317 g/mol. The number of hydrogen-bond acceptors (Lipinski definition) is 4. The third-order valence-electron chi connectivity index (χ3n) is 4.71. The Morgan fingerprint density at radius 1 is 1.13 bits per heavy atom. The molecule has 0 saturated heterocycles. The van der Waals surface area contributed by atoms with Crippen LogP contribution in [0.4, 0.5) is 5.69 Å². The highest BCUT2D eigenvalue weighted by atomic mass is 16.5. The zero-order valence-corrected chi connectivity index (χ0v) is 13.0. The van der Waals surface area contributed by atoms with Crippen molar-refractivity contribution in [3.8, 4) is 11.5 Å². The van der Waals surface area contributed by atoms with Crippen LogP contribution < -0.4 is 14.8 Å². The van der Waals surface area contributed by atoms with Crippen molar-refractivity contribution in [2.24, 2.45) is 23.7 Å². The Hall–Kier alpha value is -2.50. The highest BCUT2D eigenvalue weighted by Gasteiger charge is 2.51. The maximum absolute atomic E-state index is 12.6. The first-order valence-electron chi connectivity index (χ1n) is 7.49. The number of rotatable bonds is 5. The van der Waals surface area contributed by atoms with Gasteiger partial charge in [-0.3, -0.25) is 9.59 Å². The molecule has 6 nitrogen and oxygen atoms in total. The Bertz CT molecular complexity index is 669. The molecule has 1 fully saturated rings. The summed E-state index contributed by atoms with van der Waals surface area (Å²) in [4.78, 5) is 24.2. The summed E-state index contributed by atoms with van der Waals surface area (Å²) in [5.41, 5.74) is 0.509. The number of methoxy groups -OCH3 is 2. The van der Waals surface area contributed by atoms with Gasteiger partial charge in [0.1, 0.15) is 11.5 Å². The van der Waals surface area contributed by atoms with E-state index in [1.54, 1.807) is 25.3 Å². The first-order valence-corrected chi connectivity index (χ1v) is 7.49. The van der Waals surface area contributed by atoms with Crippen molar-refractivity contribution >= 4 is 17.6 Å². The standard InChI is InChI=1S/C17H19NO5/c1-22-11-5-6-12(13(8-11)23-2)18-16(19)14-9-3-4-10(7-9)15(14)17(20)21/h3-6,8-10,14-15H,7H2,1-2H3,(H,18,19)(H,20,21)/t9-,10-,14-,15-/m0/s1. The van der Waals surface area contributed by atoms with Gasteiger partial charge in [-0.15, -0.1) is 0 Å². The van der Waals surface area contributed by atoms with Crippen LogP contribution in [0.15, 0.2) is 30.4 Å². The van der Waals surface area contributed by atoms with Crippen molar-refractivity contribution in [2.75, 3.05) is 19.5 Å². The van der Waals surface area contributed by atoms with Crippen molar-refractivity contribution in [2.45, 2.75) is 6.42 Å². The van der Waals surface area contributed by atoms with Crippen molar-refractivity contribution in [1.82, 2.24) is 0 Å². The molecule has 0 radical (unpaired) electrons. The lowest BCUT2D eigenvalue weighted by Crippen LogP contribution is -2.36. The Morgan fingerprint density at radius 3 is 2.43 bits per heavy atom. The second-order valence-electron chi connectivity index (χ2n) is 5.89. The quantitative estimate of drug-likeness (QED) is 0.813. The largest absolute Gasteiger partial charge is 0.497 e. The van der Waals surface area contributed by atoms with Crippen LogP contribution in [-0.4, -0.2) is 31.2 Å². The van der Waals surface area contributed by atoms with Gasteiger partial charge in [0.2, 0.25) is 5.91 Å². The van der Waals surface area contributed by atoms with E-state index in [2.05, 4.69) is 5.32 Å². The summed E-state index contributed by atoms with van der Waals surface area (Å²) in [6, 6.07) is 5.08. The van der Waals surface area contributed by atoms with Gasteiger partial charge in [0, 0.05) is 6.07 Å². The smallest absolute Gasteiger partial charge is 0.307 e. The zero-order valence-electron chi connectivity index (χ0n) is 13.0. The normalized spacial score (nSPS) is 27.7.